The normalized spacial score (nSPS) is 10.6. The summed E-state index contributed by atoms with van der Waals surface area (Å²) in [5.74, 6) is 0.0666. The van der Waals surface area contributed by atoms with Crippen molar-refractivity contribution in [3.63, 3.8) is 0 Å². The number of carbonyl (C=O) groups is 1. The zero-order valence-electron chi connectivity index (χ0n) is 9.63. The Hall–Kier alpha value is -0.350. The molecule has 0 aliphatic carbocycles. The van der Waals surface area contributed by atoms with Gasteiger partial charge in [-0.05, 0) is 54.9 Å². The minimum absolute atomic E-state index is 0.0666. The second kappa shape index (κ2) is 5.82. The first kappa shape index (κ1) is 13.7. The van der Waals surface area contributed by atoms with Crippen molar-refractivity contribution in [2.24, 2.45) is 0 Å². The van der Waals surface area contributed by atoms with E-state index in [-0.39, 0.29) is 11.9 Å². The van der Waals surface area contributed by atoms with Crippen LogP contribution in [-0.2, 0) is 0 Å². The molecule has 0 radical (unpaired) electrons. The molecule has 0 aromatic heterocycles. The lowest BCUT2D eigenvalue weighted by molar-refractivity contribution is 0.0716. The van der Waals surface area contributed by atoms with Gasteiger partial charge in [0.2, 0.25) is 0 Å². The van der Waals surface area contributed by atoms with Crippen LogP contribution in [0.4, 0.5) is 0 Å². The van der Waals surface area contributed by atoms with Gasteiger partial charge in [0.15, 0.2) is 0 Å². The number of halogens is 2. The average Bonchev–Trinajstić information content (AvgIpc) is 2.17. The molecule has 0 heterocycles. The number of benzene rings is 1. The smallest absolute Gasteiger partial charge is 0.255 e. The topological polar surface area (TPSA) is 20.3 Å². The van der Waals surface area contributed by atoms with Crippen LogP contribution in [0.25, 0.3) is 0 Å². The molecule has 4 heteroatoms. The molecule has 88 valence electrons. The standard InChI is InChI=1S/C12H15Br2NO/c1-4-15(8(2)3)12(16)10-6-5-9(13)7-11(10)14/h5-8H,4H2,1-3H3. The summed E-state index contributed by atoms with van der Waals surface area (Å²) in [5, 5.41) is 0. The third-order valence-corrected chi connectivity index (χ3v) is 3.54. The van der Waals surface area contributed by atoms with Crippen LogP contribution in [0, 0.1) is 0 Å². The summed E-state index contributed by atoms with van der Waals surface area (Å²) in [4.78, 5) is 14.1. The molecule has 0 spiro atoms. The van der Waals surface area contributed by atoms with Gasteiger partial charge in [0.1, 0.15) is 0 Å². The SMILES string of the molecule is CCN(C(=O)c1ccc(Br)cc1Br)C(C)C. The maximum atomic E-state index is 12.2. The van der Waals surface area contributed by atoms with Crippen molar-refractivity contribution in [3.05, 3.63) is 32.7 Å². The third kappa shape index (κ3) is 3.08. The highest BCUT2D eigenvalue weighted by atomic mass is 79.9. The maximum Gasteiger partial charge on any atom is 0.255 e. The Bertz CT molecular complexity index is 391. The summed E-state index contributed by atoms with van der Waals surface area (Å²) >= 11 is 6.79. The molecule has 1 aromatic carbocycles. The van der Waals surface area contributed by atoms with E-state index in [9.17, 15) is 4.79 Å². The van der Waals surface area contributed by atoms with Crippen LogP contribution in [0.1, 0.15) is 31.1 Å². The van der Waals surface area contributed by atoms with Crippen LogP contribution < -0.4 is 0 Å². The van der Waals surface area contributed by atoms with E-state index in [0.29, 0.717) is 5.56 Å². The summed E-state index contributed by atoms with van der Waals surface area (Å²) in [5.41, 5.74) is 0.707. The van der Waals surface area contributed by atoms with E-state index >= 15 is 0 Å². The first-order valence-electron chi connectivity index (χ1n) is 5.23. The minimum atomic E-state index is 0.0666. The monoisotopic (exact) mass is 347 g/mol. The van der Waals surface area contributed by atoms with Crippen LogP contribution in [0.2, 0.25) is 0 Å². The van der Waals surface area contributed by atoms with Gasteiger partial charge in [0.25, 0.3) is 5.91 Å². The Kier molecular flexibility index (Phi) is 4.99. The van der Waals surface area contributed by atoms with Gasteiger partial charge in [-0.2, -0.15) is 0 Å². The summed E-state index contributed by atoms with van der Waals surface area (Å²) < 4.78 is 1.79. The Morgan fingerprint density at radius 1 is 1.38 bits per heavy atom. The number of hydrogen-bond acceptors (Lipinski definition) is 1. The van der Waals surface area contributed by atoms with Crippen molar-refractivity contribution in [3.8, 4) is 0 Å². The lowest BCUT2D eigenvalue weighted by Gasteiger charge is -2.25. The predicted molar refractivity (Wildman–Crippen MR) is 73.7 cm³/mol. The molecule has 0 bridgehead atoms. The average molecular weight is 349 g/mol. The molecule has 1 aromatic rings. The second-order valence-electron chi connectivity index (χ2n) is 3.81. The molecule has 0 aliphatic heterocycles. The fourth-order valence-electron chi connectivity index (χ4n) is 1.56. The van der Waals surface area contributed by atoms with E-state index in [0.717, 1.165) is 15.5 Å². The molecule has 1 rings (SSSR count). The van der Waals surface area contributed by atoms with E-state index < -0.39 is 0 Å². The Labute approximate surface area is 113 Å². The molecule has 1 amide bonds. The molecular weight excluding hydrogens is 334 g/mol. The highest BCUT2D eigenvalue weighted by Crippen LogP contribution is 2.23. The maximum absolute atomic E-state index is 12.2. The highest BCUT2D eigenvalue weighted by Gasteiger charge is 2.19. The fourth-order valence-corrected chi connectivity index (χ4v) is 2.78. The van der Waals surface area contributed by atoms with Gasteiger partial charge in [-0.25, -0.2) is 0 Å². The minimum Gasteiger partial charge on any atom is -0.336 e. The van der Waals surface area contributed by atoms with Gasteiger partial charge >= 0.3 is 0 Å². The van der Waals surface area contributed by atoms with Gasteiger partial charge in [-0.1, -0.05) is 15.9 Å². The van der Waals surface area contributed by atoms with Crippen LogP contribution in [0.3, 0.4) is 0 Å². The highest BCUT2D eigenvalue weighted by molar-refractivity contribution is 9.11. The summed E-state index contributed by atoms with van der Waals surface area (Å²) in [7, 11) is 0. The van der Waals surface area contributed by atoms with Crippen molar-refractivity contribution in [2.45, 2.75) is 26.8 Å². The van der Waals surface area contributed by atoms with Gasteiger partial charge in [-0.15, -0.1) is 0 Å². The molecule has 0 saturated carbocycles. The molecule has 0 atom stereocenters. The van der Waals surface area contributed by atoms with Crippen molar-refractivity contribution in [1.29, 1.82) is 0 Å². The molecule has 2 nitrogen and oxygen atoms in total. The molecule has 0 unspecified atom stereocenters. The van der Waals surface area contributed by atoms with Crippen LogP contribution in [-0.4, -0.2) is 23.4 Å². The quantitative estimate of drug-likeness (QED) is 0.805. The van der Waals surface area contributed by atoms with Crippen LogP contribution >= 0.6 is 31.9 Å². The van der Waals surface area contributed by atoms with Gasteiger partial charge < -0.3 is 4.90 Å². The van der Waals surface area contributed by atoms with Gasteiger partial charge in [0, 0.05) is 21.5 Å². The van der Waals surface area contributed by atoms with Gasteiger partial charge in [-0.3, -0.25) is 4.79 Å². The Balaban J connectivity index is 3.04. The van der Waals surface area contributed by atoms with Crippen LogP contribution in [0.5, 0.6) is 0 Å². The summed E-state index contributed by atoms with van der Waals surface area (Å²) in [6.45, 7) is 6.76. The van der Waals surface area contributed by atoms with Crippen molar-refractivity contribution in [2.75, 3.05) is 6.54 Å². The van der Waals surface area contributed by atoms with Crippen molar-refractivity contribution in [1.82, 2.24) is 4.90 Å². The fraction of sp³-hybridized carbons (Fsp3) is 0.417. The van der Waals surface area contributed by atoms with Crippen LogP contribution in [0.15, 0.2) is 27.1 Å². The van der Waals surface area contributed by atoms with E-state index in [1.807, 2.05) is 43.9 Å². The Morgan fingerprint density at radius 2 is 2.00 bits per heavy atom. The molecule has 0 fully saturated rings. The Morgan fingerprint density at radius 3 is 2.44 bits per heavy atom. The van der Waals surface area contributed by atoms with Crippen molar-refractivity contribution >= 4 is 37.8 Å². The first-order valence-corrected chi connectivity index (χ1v) is 6.82. The lowest BCUT2D eigenvalue weighted by atomic mass is 10.2. The number of hydrogen-bond donors (Lipinski definition) is 0. The number of carbonyl (C=O) groups excluding carboxylic acids is 1. The molecule has 0 saturated heterocycles. The van der Waals surface area contributed by atoms with E-state index in [2.05, 4.69) is 31.9 Å². The number of nitrogens with zero attached hydrogens (tertiary/aromatic N) is 1. The zero-order valence-corrected chi connectivity index (χ0v) is 12.8. The molecule has 0 aliphatic rings. The number of amides is 1. The van der Waals surface area contributed by atoms with Gasteiger partial charge in [0.05, 0.1) is 5.56 Å². The first-order chi connectivity index (χ1) is 7.47. The number of rotatable bonds is 3. The largest absolute Gasteiger partial charge is 0.336 e. The van der Waals surface area contributed by atoms with E-state index in [1.54, 1.807) is 0 Å². The van der Waals surface area contributed by atoms with E-state index in [1.165, 1.54) is 0 Å². The van der Waals surface area contributed by atoms with Crippen molar-refractivity contribution < 1.29 is 4.79 Å². The lowest BCUT2D eigenvalue weighted by Crippen LogP contribution is -2.36. The summed E-state index contributed by atoms with van der Waals surface area (Å²) in [6.07, 6.45) is 0. The third-order valence-electron chi connectivity index (χ3n) is 2.39. The molecule has 0 N–H and O–H groups in total. The summed E-state index contributed by atoms with van der Waals surface area (Å²) in [6, 6.07) is 5.82. The molecule has 16 heavy (non-hydrogen) atoms. The second-order valence-corrected chi connectivity index (χ2v) is 5.58. The zero-order chi connectivity index (χ0) is 12.3. The molecular formula is C12H15Br2NO. The predicted octanol–water partition coefficient (Wildman–Crippen LogP) is 4.08. The van der Waals surface area contributed by atoms with E-state index in [4.69, 9.17) is 0 Å².